The maximum Gasteiger partial charge on any atom is 0.224 e. The molecule has 142 valence electrons. The SMILES string of the molecule is CC(=O)c1c(C)nn(C(C)CC(=O)N(C)Cc2nncn2C(C)C)c1C. The molecule has 0 aromatic carbocycles. The van der Waals surface area contributed by atoms with E-state index in [9.17, 15) is 9.59 Å². The number of aromatic nitrogens is 5. The van der Waals surface area contributed by atoms with Gasteiger partial charge < -0.3 is 9.47 Å². The fourth-order valence-corrected chi connectivity index (χ4v) is 3.21. The van der Waals surface area contributed by atoms with Crippen LogP contribution in [0.3, 0.4) is 0 Å². The lowest BCUT2D eigenvalue weighted by atomic mass is 10.1. The van der Waals surface area contributed by atoms with Crippen molar-refractivity contribution in [1.29, 1.82) is 0 Å². The summed E-state index contributed by atoms with van der Waals surface area (Å²) in [4.78, 5) is 26.1. The molecule has 8 heteroatoms. The van der Waals surface area contributed by atoms with E-state index in [1.165, 1.54) is 6.92 Å². The van der Waals surface area contributed by atoms with Gasteiger partial charge >= 0.3 is 0 Å². The smallest absolute Gasteiger partial charge is 0.224 e. The van der Waals surface area contributed by atoms with Crippen molar-refractivity contribution in [1.82, 2.24) is 29.4 Å². The van der Waals surface area contributed by atoms with Crippen LogP contribution < -0.4 is 0 Å². The Morgan fingerprint density at radius 2 is 1.88 bits per heavy atom. The van der Waals surface area contributed by atoms with Crippen LogP contribution in [0.1, 0.15) is 73.8 Å². The fraction of sp³-hybridized carbons (Fsp3) is 0.611. The lowest BCUT2D eigenvalue weighted by Gasteiger charge is -2.21. The number of carbonyl (C=O) groups excluding carboxylic acids is 2. The van der Waals surface area contributed by atoms with Crippen LogP contribution in [0.2, 0.25) is 0 Å². The third-order valence-electron chi connectivity index (χ3n) is 4.57. The van der Waals surface area contributed by atoms with Crippen molar-refractivity contribution in [3.63, 3.8) is 0 Å². The molecule has 1 unspecified atom stereocenters. The van der Waals surface area contributed by atoms with E-state index in [1.54, 1.807) is 23.0 Å². The molecule has 0 N–H and O–H groups in total. The normalized spacial score (nSPS) is 12.5. The van der Waals surface area contributed by atoms with Crippen LogP contribution in [0, 0.1) is 13.8 Å². The predicted molar refractivity (Wildman–Crippen MR) is 97.9 cm³/mol. The van der Waals surface area contributed by atoms with Gasteiger partial charge in [0.05, 0.1) is 23.8 Å². The number of amides is 1. The molecule has 2 aromatic rings. The Kier molecular flexibility index (Phi) is 5.94. The van der Waals surface area contributed by atoms with E-state index in [1.807, 2.05) is 39.2 Å². The molecule has 8 nitrogen and oxygen atoms in total. The van der Waals surface area contributed by atoms with Gasteiger partial charge in [0.1, 0.15) is 6.33 Å². The molecule has 2 aromatic heterocycles. The fourth-order valence-electron chi connectivity index (χ4n) is 3.21. The van der Waals surface area contributed by atoms with Crippen LogP contribution in [0.25, 0.3) is 0 Å². The predicted octanol–water partition coefficient (Wildman–Crippen LogP) is 2.48. The van der Waals surface area contributed by atoms with Crippen LogP contribution in [-0.2, 0) is 11.3 Å². The molecule has 0 bridgehead atoms. The van der Waals surface area contributed by atoms with E-state index in [-0.39, 0.29) is 23.8 Å². The zero-order valence-corrected chi connectivity index (χ0v) is 16.6. The van der Waals surface area contributed by atoms with Gasteiger partial charge in [-0.15, -0.1) is 10.2 Å². The van der Waals surface area contributed by atoms with Gasteiger partial charge in [-0.05, 0) is 41.5 Å². The van der Waals surface area contributed by atoms with E-state index >= 15 is 0 Å². The van der Waals surface area contributed by atoms with Crippen molar-refractivity contribution in [3.8, 4) is 0 Å². The van der Waals surface area contributed by atoms with Crippen LogP contribution in [-0.4, -0.2) is 48.2 Å². The number of hydrogen-bond donors (Lipinski definition) is 0. The third kappa shape index (κ3) is 4.00. The minimum Gasteiger partial charge on any atom is -0.338 e. The highest BCUT2D eigenvalue weighted by molar-refractivity contribution is 5.96. The number of hydrogen-bond acceptors (Lipinski definition) is 5. The summed E-state index contributed by atoms with van der Waals surface area (Å²) < 4.78 is 3.72. The summed E-state index contributed by atoms with van der Waals surface area (Å²) in [5, 5.41) is 12.5. The summed E-state index contributed by atoms with van der Waals surface area (Å²) in [5.41, 5.74) is 2.15. The summed E-state index contributed by atoms with van der Waals surface area (Å²) in [6.45, 7) is 11.7. The Balaban J connectivity index is 2.08. The monoisotopic (exact) mass is 360 g/mol. The van der Waals surface area contributed by atoms with Gasteiger partial charge in [0.2, 0.25) is 5.91 Å². The minimum absolute atomic E-state index is 0.00471. The van der Waals surface area contributed by atoms with Gasteiger partial charge in [-0.25, -0.2) is 0 Å². The van der Waals surface area contributed by atoms with Gasteiger partial charge in [0.15, 0.2) is 11.6 Å². The van der Waals surface area contributed by atoms with Gasteiger partial charge in [0, 0.05) is 25.2 Å². The molecule has 0 radical (unpaired) electrons. The van der Waals surface area contributed by atoms with Crippen molar-refractivity contribution in [2.45, 2.75) is 66.6 Å². The quantitative estimate of drug-likeness (QED) is 0.708. The molecule has 0 aliphatic heterocycles. The Bertz CT molecular complexity index is 805. The molecule has 0 saturated heterocycles. The summed E-state index contributed by atoms with van der Waals surface area (Å²) in [7, 11) is 1.76. The third-order valence-corrected chi connectivity index (χ3v) is 4.57. The number of nitrogens with zero attached hydrogens (tertiary/aromatic N) is 6. The van der Waals surface area contributed by atoms with Crippen molar-refractivity contribution in [2.24, 2.45) is 0 Å². The van der Waals surface area contributed by atoms with Crippen molar-refractivity contribution in [3.05, 3.63) is 29.1 Å². The molecule has 0 fully saturated rings. The highest BCUT2D eigenvalue weighted by Crippen LogP contribution is 2.21. The van der Waals surface area contributed by atoms with Crippen LogP contribution in [0.4, 0.5) is 0 Å². The molecular formula is C18H28N6O2. The van der Waals surface area contributed by atoms with Crippen molar-refractivity contribution < 1.29 is 9.59 Å². The van der Waals surface area contributed by atoms with E-state index in [2.05, 4.69) is 15.3 Å². The molecule has 0 saturated carbocycles. The first-order chi connectivity index (χ1) is 12.1. The minimum atomic E-state index is -0.139. The van der Waals surface area contributed by atoms with E-state index in [0.29, 0.717) is 24.2 Å². The first-order valence-electron chi connectivity index (χ1n) is 8.82. The number of Topliss-reactive ketones (excluding diaryl/α,β-unsaturated/α-hetero) is 1. The summed E-state index contributed by atoms with van der Waals surface area (Å²) in [5.74, 6) is 0.746. The summed E-state index contributed by atoms with van der Waals surface area (Å²) >= 11 is 0. The van der Waals surface area contributed by atoms with Crippen molar-refractivity contribution >= 4 is 11.7 Å². The maximum absolute atomic E-state index is 12.6. The number of aryl methyl sites for hydroxylation is 1. The lowest BCUT2D eigenvalue weighted by molar-refractivity contribution is -0.131. The van der Waals surface area contributed by atoms with E-state index < -0.39 is 0 Å². The molecule has 1 atom stereocenters. The highest BCUT2D eigenvalue weighted by atomic mass is 16.2. The van der Waals surface area contributed by atoms with Gasteiger partial charge in [-0.1, -0.05) is 0 Å². The van der Waals surface area contributed by atoms with Gasteiger partial charge in [-0.2, -0.15) is 5.10 Å². The number of rotatable bonds is 7. The van der Waals surface area contributed by atoms with Crippen LogP contribution in [0.5, 0.6) is 0 Å². The second-order valence-electron chi connectivity index (χ2n) is 7.10. The molecule has 0 aliphatic carbocycles. The van der Waals surface area contributed by atoms with Crippen molar-refractivity contribution in [2.75, 3.05) is 7.05 Å². The van der Waals surface area contributed by atoms with Crippen LogP contribution in [0.15, 0.2) is 6.33 Å². The average Bonchev–Trinajstić information content (AvgIpc) is 3.11. The molecule has 1 amide bonds. The second-order valence-corrected chi connectivity index (χ2v) is 7.10. The first kappa shape index (κ1) is 19.8. The zero-order chi connectivity index (χ0) is 19.6. The Labute approximate surface area is 154 Å². The van der Waals surface area contributed by atoms with Gasteiger partial charge in [0.25, 0.3) is 0 Å². The molecule has 2 rings (SSSR count). The first-order valence-corrected chi connectivity index (χ1v) is 8.82. The topological polar surface area (TPSA) is 85.9 Å². The van der Waals surface area contributed by atoms with Crippen LogP contribution >= 0.6 is 0 Å². The summed E-state index contributed by atoms with van der Waals surface area (Å²) in [6.07, 6.45) is 1.98. The Morgan fingerprint density at radius 1 is 1.23 bits per heavy atom. The maximum atomic E-state index is 12.6. The molecule has 0 spiro atoms. The van der Waals surface area contributed by atoms with E-state index in [0.717, 1.165) is 11.5 Å². The van der Waals surface area contributed by atoms with E-state index in [4.69, 9.17) is 0 Å². The number of ketones is 1. The molecule has 26 heavy (non-hydrogen) atoms. The molecule has 0 aliphatic rings. The highest BCUT2D eigenvalue weighted by Gasteiger charge is 2.22. The molecular weight excluding hydrogens is 332 g/mol. The zero-order valence-electron chi connectivity index (χ0n) is 16.6. The Morgan fingerprint density at radius 3 is 2.42 bits per heavy atom. The van der Waals surface area contributed by atoms with Gasteiger partial charge in [-0.3, -0.25) is 14.3 Å². The lowest BCUT2D eigenvalue weighted by Crippen LogP contribution is -2.30. The number of carbonyl (C=O) groups is 2. The summed E-state index contributed by atoms with van der Waals surface area (Å²) in [6, 6.07) is 0.0989. The standard InChI is InChI=1S/C18H28N6O2/c1-11(2)23-10-19-20-16(23)9-22(7)17(26)8-12(3)24-14(5)18(15(6)25)13(4)21-24/h10-12H,8-9H2,1-7H3. The molecule has 2 heterocycles. The Hall–Kier alpha value is -2.51. The average molecular weight is 360 g/mol. The largest absolute Gasteiger partial charge is 0.338 e. The second kappa shape index (κ2) is 7.80.